The molecular formula is C19H24N4O5S. The first kappa shape index (κ1) is 21.0. The molecule has 0 aliphatic carbocycles. The molecule has 0 bridgehead atoms. The Balaban J connectivity index is 1.86. The molecule has 1 amide bonds. The number of amidine groups is 1. The van der Waals surface area contributed by atoms with Gasteiger partial charge in [-0.05, 0) is 37.1 Å². The molecule has 1 aliphatic rings. The summed E-state index contributed by atoms with van der Waals surface area (Å²) < 4.78 is 34.9. The molecule has 4 N–H and O–H groups in total. The van der Waals surface area contributed by atoms with E-state index in [0.717, 1.165) is 11.1 Å². The molecule has 1 aromatic heterocycles. The second-order valence-electron chi connectivity index (χ2n) is 7.54. The van der Waals surface area contributed by atoms with Crippen LogP contribution >= 0.6 is 0 Å². The van der Waals surface area contributed by atoms with Crippen molar-refractivity contribution in [2.45, 2.75) is 38.0 Å². The summed E-state index contributed by atoms with van der Waals surface area (Å²) in [7, 11) is -3.72. The van der Waals surface area contributed by atoms with Crippen LogP contribution < -0.4 is 11.1 Å². The number of carbonyl (C=O) groups excluding carboxylic acids is 1. The number of amides is 1. The lowest BCUT2D eigenvalue weighted by Gasteiger charge is -2.30. The molecule has 0 fully saturated rings. The fraction of sp³-hybridized carbons (Fsp3) is 0.421. The number of aryl methyl sites for hydroxylation is 1. The molecule has 2 heterocycles. The number of benzene rings is 1. The predicted octanol–water partition coefficient (Wildman–Crippen LogP) is 1.98. The molecule has 0 saturated carbocycles. The number of sulfone groups is 1. The number of oxazole rings is 1. The number of hydrogen-bond acceptors (Lipinski definition) is 7. The summed E-state index contributed by atoms with van der Waals surface area (Å²) in [4.78, 5) is 16.3. The maximum Gasteiger partial charge on any atom is 0.277 e. The second kappa shape index (κ2) is 7.60. The van der Waals surface area contributed by atoms with Gasteiger partial charge >= 0.3 is 0 Å². The van der Waals surface area contributed by atoms with Gasteiger partial charge in [-0.15, -0.1) is 0 Å². The van der Waals surface area contributed by atoms with Gasteiger partial charge in [0.25, 0.3) is 5.91 Å². The number of fused-ring (bicyclic) bond motifs is 1. The van der Waals surface area contributed by atoms with Gasteiger partial charge in [0.1, 0.15) is 16.8 Å². The van der Waals surface area contributed by atoms with Crippen LogP contribution in [0.1, 0.15) is 47.3 Å². The highest BCUT2D eigenvalue weighted by molar-refractivity contribution is 7.93. The van der Waals surface area contributed by atoms with E-state index in [-0.39, 0.29) is 18.1 Å². The van der Waals surface area contributed by atoms with Crippen molar-refractivity contribution >= 4 is 27.3 Å². The Kier molecular flexibility index (Phi) is 5.50. The third kappa shape index (κ3) is 4.18. The van der Waals surface area contributed by atoms with Crippen LogP contribution in [0.3, 0.4) is 0 Å². The molecule has 29 heavy (non-hydrogen) atoms. The standard InChI is InChI=1S/C19H24N4O5S/c1-11-22-16(9-28-11)17(24)23-14-5-4-12-7-27-8-13(15(12)6-14)10-29(25,26)19(2,3)18(20)21/h4-6,9,13H,7-8,10H2,1-3H3,(H3,20,21)(H,23,24). The Morgan fingerprint density at radius 2 is 2.14 bits per heavy atom. The van der Waals surface area contributed by atoms with Crippen molar-refractivity contribution in [1.29, 1.82) is 5.41 Å². The van der Waals surface area contributed by atoms with Crippen molar-refractivity contribution in [3.8, 4) is 0 Å². The van der Waals surface area contributed by atoms with E-state index in [4.69, 9.17) is 20.3 Å². The molecule has 0 radical (unpaired) electrons. The minimum atomic E-state index is -3.72. The Hall–Kier alpha value is -2.72. The molecule has 0 saturated heterocycles. The average Bonchev–Trinajstić information content (AvgIpc) is 3.08. The molecular weight excluding hydrogens is 396 g/mol. The van der Waals surface area contributed by atoms with Gasteiger partial charge in [0, 0.05) is 18.5 Å². The fourth-order valence-electron chi connectivity index (χ4n) is 3.03. The van der Waals surface area contributed by atoms with Crippen LogP contribution in [0.5, 0.6) is 0 Å². The largest absolute Gasteiger partial charge is 0.448 e. The topological polar surface area (TPSA) is 148 Å². The second-order valence-corrected chi connectivity index (χ2v) is 10.1. The molecule has 1 aromatic carbocycles. The average molecular weight is 420 g/mol. The molecule has 10 heteroatoms. The minimum absolute atomic E-state index is 0.158. The third-order valence-electron chi connectivity index (χ3n) is 5.12. The number of ether oxygens (including phenoxy) is 1. The van der Waals surface area contributed by atoms with Crippen LogP contribution in [-0.2, 0) is 21.2 Å². The van der Waals surface area contributed by atoms with Crippen LogP contribution in [0.4, 0.5) is 5.69 Å². The van der Waals surface area contributed by atoms with E-state index in [2.05, 4.69) is 10.3 Å². The van der Waals surface area contributed by atoms with Crippen molar-refractivity contribution in [1.82, 2.24) is 4.98 Å². The molecule has 3 rings (SSSR count). The van der Waals surface area contributed by atoms with Crippen LogP contribution in [0.15, 0.2) is 28.9 Å². The van der Waals surface area contributed by atoms with Crippen molar-refractivity contribution in [3.63, 3.8) is 0 Å². The van der Waals surface area contributed by atoms with Crippen molar-refractivity contribution in [3.05, 3.63) is 47.2 Å². The number of anilines is 1. The zero-order valence-corrected chi connectivity index (χ0v) is 17.3. The van der Waals surface area contributed by atoms with Crippen LogP contribution in [0.2, 0.25) is 0 Å². The lowest BCUT2D eigenvalue weighted by Crippen LogP contribution is -2.47. The van der Waals surface area contributed by atoms with Crippen molar-refractivity contribution in [2.75, 3.05) is 17.7 Å². The van der Waals surface area contributed by atoms with Gasteiger partial charge in [-0.25, -0.2) is 13.4 Å². The highest BCUT2D eigenvalue weighted by Gasteiger charge is 2.40. The van der Waals surface area contributed by atoms with E-state index in [1.54, 1.807) is 25.1 Å². The fourth-order valence-corrected chi connectivity index (χ4v) is 4.58. The number of rotatable bonds is 6. The summed E-state index contributed by atoms with van der Waals surface area (Å²) in [5.74, 6) is -1.09. The summed E-state index contributed by atoms with van der Waals surface area (Å²) in [6, 6.07) is 5.28. The molecule has 9 nitrogen and oxygen atoms in total. The Morgan fingerprint density at radius 1 is 1.41 bits per heavy atom. The van der Waals surface area contributed by atoms with E-state index < -0.39 is 32.2 Å². The van der Waals surface area contributed by atoms with Crippen LogP contribution in [0.25, 0.3) is 0 Å². The van der Waals surface area contributed by atoms with Crippen molar-refractivity contribution < 1.29 is 22.4 Å². The summed E-state index contributed by atoms with van der Waals surface area (Å²) >= 11 is 0. The van der Waals surface area contributed by atoms with Gasteiger partial charge in [-0.2, -0.15) is 0 Å². The molecule has 1 unspecified atom stereocenters. The quantitative estimate of drug-likeness (QED) is 0.478. The zero-order valence-electron chi connectivity index (χ0n) is 16.5. The molecule has 0 spiro atoms. The maximum absolute atomic E-state index is 12.9. The number of carbonyl (C=O) groups is 1. The Morgan fingerprint density at radius 3 is 2.76 bits per heavy atom. The smallest absolute Gasteiger partial charge is 0.277 e. The van der Waals surface area contributed by atoms with Gasteiger partial charge in [0.2, 0.25) is 0 Å². The number of hydrogen-bond donors (Lipinski definition) is 3. The van der Waals surface area contributed by atoms with E-state index in [1.807, 2.05) is 0 Å². The first-order valence-electron chi connectivity index (χ1n) is 9.02. The van der Waals surface area contributed by atoms with Gasteiger partial charge in [-0.3, -0.25) is 10.2 Å². The van der Waals surface area contributed by atoms with Crippen molar-refractivity contribution in [2.24, 2.45) is 5.73 Å². The summed E-state index contributed by atoms with van der Waals surface area (Å²) in [5, 5.41) is 10.4. The first-order chi connectivity index (χ1) is 13.5. The Bertz CT molecular complexity index is 1060. The van der Waals surface area contributed by atoms with Crippen LogP contribution in [0, 0.1) is 12.3 Å². The van der Waals surface area contributed by atoms with Gasteiger partial charge < -0.3 is 20.2 Å². The van der Waals surface area contributed by atoms with Gasteiger partial charge in [0.05, 0.1) is 19.0 Å². The minimum Gasteiger partial charge on any atom is -0.448 e. The number of nitrogens with zero attached hydrogens (tertiary/aromatic N) is 1. The first-order valence-corrected chi connectivity index (χ1v) is 10.7. The number of nitrogens with one attached hydrogen (secondary N) is 2. The van der Waals surface area contributed by atoms with E-state index in [1.165, 1.54) is 20.1 Å². The molecule has 2 aromatic rings. The SMILES string of the molecule is Cc1nc(C(=O)Nc2ccc3c(c2)C(CS(=O)(=O)C(C)(C)C(=N)N)COC3)co1. The lowest BCUT2D eigenvalue weighted by atomic mass is 9.94. The summed E-state index contributed by atoms with van der Waals surface area (Å²) in [6.45, 7) is 5.07. The van der Waals surface area contributed by atoms with Gasteiger partial charge in [-0.1, -0.05) is 6.07 Å². The van der Waals surface area contributed by atoms with Gasteiger partial charge in [0.15, 0.2) is 21.4 Å². The number of nitrogens with two attached hydrogens (primary N) is 1. The van der Waals surface area contributed by atoms with E-state index in [0.29, 0.717) is 18.2 Å². The van der Waals surface area contributed by atoms with E-state index >= 15 is 0 Å². The normalized spacial score (nSPS) is 16.9. The number of aromatic nitrogens is 1. The van der Waals surface area contributed by atoms with Crippen LogP contribution in [-0.4, -0.2) is 42.3 Å². The maximum atomic E-state index is 12.9. The Labute approximate surface area is 169 Å². The summed E-state index contributed by atoms with van der Waals surface area (Å²) in [6.07, 6.45) is 1.27. The summed E-state index contributed by atoms with van der Waals surface area (Å²) in [5.41, 5.74) is 7.82. The highest BCUT2D eigenvalue weighted by atomic mass is 32.2. The molecule has 1 atom stereocenters. The zero-order chi connectivity index (χ0) is 21.4. The highest BCUT2D eigenvalue weighted by Crippen LogP contribution is 2.32. The predicted molar refractivity (Wildman–Crippen MR) is 108 cm³/mol. The lowest BCUT2D eigenvalue weighted by molar-refractivity contribution is 0.0956. The molecule has 1 aliphatic heterocycles. The third-order valence-corrected chi connectivity index (χ3v) is 7.73. The monoisotopic (exact) mass is 420 g/mol. The van der Waals surface area contributed by atoms with E-state index in [9.17, 15) is 13.2 Å². The molecule has 156 valence electrons.